The van der Waals surface area contributed by atoms with Crippen LogP contribution in [-0.2, 0) is 65.4 Å². The van der Waals surface area contributed by atoms with Crippen LogP contribution >= 0.6 is 15.6 Å². The Hall–Kier alpha value is -1.94. The second-order valence-electron chi connectivity index (χ2n) is 28.2. The van der Waals surface area contributed by atoms with Gasteiger partial charge in [0.2, 0.25) is 0 Å². The molecule has 0 aliphatic rings. The molecular weight excluding hydrogens is 1260 g/mol. The van der Waals surface area contributed by atoms with E-state index >= 15 is 0 Å². The molecule has 570 valence electrons. The molecule has 3 N–H and O–H groups in total. The lowest BCUT2D eigenvalue weighted by Crippen LogP contribution is -2.30. The molecule has 5 atom stereocenters. The summed E-state index contributed by atoms with van der Waals surface area (Å²) in [6, 6.07) is 0. The molecular formula is C77H150O17P2. The fraction of sp³-hybridized carbons (Fsp3) is 0.948. The first-order chi connectivity index (χ1) is 46.5. The minimum Gasteiger partial charge on any atom is -0.462 e. The van der Waals surface area contributed by atoms with Crippen LogP contribution in [0.5, 0.6) is 0 Å². The maximum atomic E-state index is 13.1. The quantitative estimate of drug-likeness (QED) is 0.0222. The zero-order valence-corrected chi connectivity index (χ0v) is 64.3. The maximum Gasteiger partial charge on any atom is 0.472 e. The van der Waals surface area contributed by atoms with Gasteiger partial charge in [0, 0.05) is 25.7 Å². The lowest BCUT2D eigenvalue weighted by atomic mass is 10.0. The summed E-state index contributed by atoms with van der Waals surface area (Å²) in [5, 5.41) is 10.6. The third-order valence-electron chi connectivity index (χ3n) is 18.0. The normalized spacial score (nSPS) is 13.9. The number of aliphatic hydroxyl groups excluding tert-OH is 1. The summed E-state index contributed by atoms with van der Waals surface area (Å²) in [6.07, 6.45) is 59.6. The van der Waals surface area contributed by atoms with E-state index in [0.29, 0.717) is 25.7 Å². The van der Waals surface area contributed by atoms with Gasteiger partial charge in [0.1, 0.15) is 19.3 Å². The van der Waals surface area contributed by atoms with Crippen molar-refractivity contribution < 1.29 is 80.2 Å². The Balaban J connectivity index is 5.21. The zero-order chi connectivity index (χ0) is 70.5. The Kier molecular flexibility index (Phi) is 68.7. The first-order valence-electron chi connectivity index (χ1n) is 40.1. The summed E-state index contributed by atoms with van der Waals surface area (Å²) in [6.45, 7) is 7.30. The average Bonchev–Trinajstić information content (AvgIpc) is 1.75. The second kappa shape index (κ2) is 70.1. The Morgan fingerprint density at radius 3 is 0.708 bits per heavy atom. The molecule has 0 aromatic heterocycles. The van der Waals surface area contributed by atoms with Crippen molar-refractivity contribution in [2.24, 2.45) is 5.92 Å². The van der Waals surface area contributed by atoms with Crippen LogP contribution in [-0.4, -0.2) is 96.7 Å². The van der Waals surface area contributed by atoms with E-state index in [0.717, 1.165) is 102 Å². The molecule has 0 aliphatic carbocycles. The number of hydrogen-bond acceptors (Lipinski definition) is 15. The van der Waals surface area contributed by atoms with E-state index in [1.54, 1.807) is 0 Å². The van der Waals surface area contributed by atoms with E-state index in [2.05, 4.69) is 34.6 Å². The molecule has 19 heteroatoms. The smallest absolute Gasteiger partial charge is 0.462 e. The highest BCUT2D eigenvalue weighted by molar-refractivity contribution is 7.47. The Labute approximate surface area is 588 Å². The van der Waals surface area contributed by atoms with Crippen molar-refractivity contribution in [2.75, 3.05) is 39.6 Å². The fourth-order valence-corrected chi connectivity index (χ4v) is 13.5. The lowest BCUT2D eigenvalue weighted by molar-refractivity contribution is -0.161. The van der Waals surface area contributed by atoms with Crippen LogP contribution in [0.1, 0.15) is 407 Å². The summed E-state index contributed by atoms with van der Waals surface area (Å²) >= 11 is 0. The van der Waals surface area contributed by atoms with Gasteiger partial charge >= 0.3 is 39.5 Å². The molecule has 0 aromatic carbocycles. The average molecular weight is 1410 g/mol. The lowest BCUT2D eigenvalue weighted by Gasteiger charge is -2.21. The predicted molar refractivity (Wildman–Crippen MR) is 391 cm³/mol. The molecule has 0 aromatic rings. The van der Waals surface area contributed by atoms with Gasteiger partial charge in [0.25, 0.3) is 0 Å². The molecule has 0 spiro atoms. The van der Waals surface area contributed by atoms with Crippen molar-refractivity contribution in [3.8, 4) is 0 Å². The molecule has 0 rings (SSSR count). The highest BCUT2D eigenvalue weighted by Gasteiger charge is 2.30. The highest BCUT2D eigenvalue weighted by atomic mass is 31.2. The summed E-state index contributed by atoms with van der Waals surface area (Å²) in [5.41, 5.74) is 0. The van der Waals surface area contributed by atoms with E-state index in [9.17, 15) is 43.2 Å². The fourth-order valence-electron chi connectivity index (χ4n) is 11.9. The van der Waals surface area contributed by atoms with Gasteiger partial charge in [-0.05, 0) is 31.6 Å². The van der Waals surface area contributed by atoms with Crippen molar-refractivity contribution >= 4 is 39.5 Å². The third-order valence-corrected chi connectivity index (χ3v) is 19.9. The number of ether oxygens (including phenoxy) is 4. The van der Waals surface area contributed by atoms with Crippen LogP contribution in [0.25, 0.3) is 0 Å². The first kappa shape index (κ1) is 94.1. The summed E-state index contributed by atoms with van der Waals surface area (Å²) in [5.74, 6) is -1.33. The van der Waals surface area contributed by atoms with Crippen molar-refractivity contribution in [3.05, 3.63) is 0 Å². The van der Waals surface area contributed by atoms with Gasteiger partial charge in [-0.3, -0.25) is 37.3 Å². The molecule has 0 radical (unpaired) electrons. The van der Waals surface area contributed by atoms with Crippen LogP contribution in [0.2, 0.25) is 0 Å². The van der Waals surface area contributed by atoms with Crippen molar-refractivity contribution in [1.82, 2.24) is 0 Å². The van der Waals surface area contributed by atoms with Gasteiger partial charge in [0.15, 0.2) is 12.2 Å². The number of esters is 4. The highest BCUT2D eigenvalue weighted by Crippen LogP contribution is 2.45. The molecule has 0 saturated carbocycles. The second-order valence-corrected chi connectivity index (χ2v) is 31.1. The molecule has 0 heterocycles. The van der Waals surface area contributed by atoms with Gasteiger partial charge in [-0.25, -0.2) is 9.13 Å². The molecule has 0 bridgehead atoms. The van der Waals surface area contributed by atoms with Gasteiger partial charge < -0.3 is 33.8 Å². The van der Waals surface area contributed by atoms with Crippen LogP contribution in [0.3, 0.4) is 0 Å². The van der Waals surface area contributed by atoms with E-state index < -0.39 is 97.5 Å². The number of hydrogen-bond donors (Lipinski definition) is 3. The van der Waals surface area contributed by atoms with Crippen molar-refractivity contribution in [2.45, 2.75) is 425 Å². The van der Waals surface area contributed by atoms with E-state index in [-0.39, 0.29) is 25.7 Å². The third kappa shape index (κ3) is 70.5. The first-order valence-corrected chi connectivity index (χ1v) is 43.1. The molecule has 0 aliphatic heterocycles. The van der Waals surface area contributed by atoms with E-state index in [1.807, 2.05) is 0 Å². The summed E-state index contributed by atoms with van der Waals surface area (Å²) < 4.78 is 68.5. The van der Waals surface area contributed by atoms with Gasteiger partial charge in [-0.1, -0.05) is 356 Å². The molecule has 96 heavy (non-hydrogen) atoms. The molecule has 0 fully saturated rings. The minimum absolute atomic E-state index is 0.108. The summed E-state index contributed by atoms with van der Waals surface area (Å²) in [7, 11) is -9.91. The van der Waals surface area contributed by atoms with Crippen LogP contribution < -0.4 is 0 Å². The topological polar surface area (TPSA) is 237 Å². The Bertz CT molecular complexity index is 1840. The largest absolute Gasteiger partial charge is 0.472 e. The number of unbranched alkanes of at least 4 members (excludes halogenated alkanes) is 49. The Morgan fingerprint density at radius 1 is 0.281 bits per heavy atom. The zero-order valence-electron chi connectivity index (χ0n) is 62.5. The van der Waals surface area contributed by atoms with Crippen LogP contribution in [0, 0.1) is 5.92 Å². The maximum absolute atomic E-state index is 13.1. The summed E-state index contributed by atoms with van der Waals surface area (Å²) in [4.78, 5) is 72.8. The van der Waals surface area contributed by atoms with Crippen LogP contribution in [0.4, 0.5) is 0 Å². The monoisotopic (exact) mass is 1410 g/mol. The van der Waals surface area contributed by atoms with Gasteiger partial charge in [0.05, 0.1) is 26.4 Å². The number of carbonyl (C=O) groups excluding carboxylic acids is 4. The predicted octanol–water partition coefficient (Wildman–Crippen LogP) is 22.9. The molecule has 17 nitrogen and oxygen atoms in total. The van der Waals surface area contributed by atoms with Crippen molar-refractivity contribution in [1.29, 1.82) is 0 Å². The van der Waals surface area contributed by atoms with Crippen LogP contribution in [0.15, 0.2) is 0 Å². The molecule has 0 saturated heterocycles. The molecule has 2 unspecified atom stereocenters. The minimum atomic E-state index is -4.96. The number of rotatable bonds is 77. The van der Waals surface area contributed by atoms with E-state index in [1.165, 1.54) is 225 Å². The standard InChI is InChI=1S/C77H150O17P2/c1-6-9-12-15-18-21-23-25-27-29-33-37-41-46-51-56-61-75(80)88-67-73(94-77(82)63-58-53-48-43-39-35-31-32-36-40-44-49-54-59-70(4)5)69-92-96(85,86)90-65-71(78)64-89-95(83,84)91-68-72(66-87-74(79)60-55-50-45-20-17-14-11-8-3)93-76(81)62-57-52-47-42-38-34-30-28-26-24-22-19-16-13-10-7-2/h70-73,78H,6-69H2,1-5H3,(H,83,84)(H,85,86)/t71-,72+,73+/m0/s1. The van der Waals surface area contributed by atoms with Crippen molar-refractivity contribution in [3.63, 3.8) is 0 Å². The molecule has 0 amide bonds. The SMILES string of the molecule is CCCCCCCCCCCCCCCCCCC(=O)OC[C@H](COP(=O)(O)OC[C@@H](O)COP(=O)(O)OC[C@@H](COC(=O)CCCCCCCCCC)OC(=O)CCCCCCCCCCCCCCCCCC)OC(=O)CCCCCCCCCCCCCCCC(C)C. The Morgan fingerprint density at radius 2 is 0.479 bits per heavy atom. The van der Waals surface area contributed by atoms with Gasteiger partial charge in [-0.15, -0.1) is 0 Å². The number of aliphatic hydroxyl groups is 1. The number of carbonyl (C=O) groups is 4. The number of phosphoric acid groups is 2. The van der Waals surface area contributed by atoms with E-state index in [4.69, 9.17) is 37.0 Å². The van der Waals surface area contributed by atoms with Gasteiger partial charge in [-0.2, -0.15) is 0 Å². The number of phosphoric ester groups is 2.